The second-order valence-electron chi connectivity index (χ2n) is 2.78. The van der Waals surface area contributed by atoms with Crippen molar-refractivity contribution in [3.05, 3.63) is 24.3 Å². The van der Waals surface area contributed by atoms with Crippen LogP contribution in [0.5, 0.6) is 5.75 Å². The molecule has 0 aromatic heterocycles. The highest BCUT2D eigenvalue weighted by atomic mass is 32.2. The lowest BCUT2D eigenvalue weighted by Crippen LogP contribution is -2.10. The van der Waals surface area contributed by atoms with Crippen molar-refractivity contribution in [2.45, 2.75) is 0 Å². The van der Waals surface area contributed by atoms with Gasteiger partial charge in [-0.25, -0.2) is 0 Å². The predicted octanol–water partition coefficient (Wildman–Crippen LogP) is 2.08. The zero-order valence-corrected chi connectivity index (χ0v) is 10.2. The highest BCUT2D eigenvalue weighted by Gasteiger charge is 1.96. The van der Waals surface area contributed by atoms with Crippen LogP contribution in [0.3, 0.4) is 0 Å². The molecule has 0 bridgehead atoms. The summed E-state index contributed by atoms with van der Waals surface area (Å²) in [5.41, 5.74) is 6.30. The monoisotopic (exact) mass is 242 g/mol. The van der Waals surface area contributed by atoms with Crippen LogP contribution in [0.25, 0.3) is 0 Å². The Hall–Kier alpha value is -0.780. The molecule has 1 rings (SSSR count). The van der Waals surface area contributed by atoms with Gasteiger partial charge in [-0.1, -0.05) is 12.2 Å². The molecule has 82 valence electrons. The number of hydrogen-bond acceptors (Lipinski definition) is 4. The molecular formula is C10H14N2OS2. The maximum absolute atomic E-state index is 5.35. The van der Waals surface area contributed by atoms with E-state index in [1.807, 2.05) is 30.5 Å². The first-order chi connectivity index (χ1) is 7.26. The van der Waals surface area contributed by atoms with Gasteiger partial charge in [0.25, 0.3) is 0 Å². The van der Waals surface area contributed by atoms with E-state index in [1.165, 1.54) is 11.8 Å². The maximum Gasteiger partial charge on any atom is 0.137 e. The van der Waals surface area contributed by atoms with Gasteiger partial charge in [-0.05, 0) is 30.5 Å². The Bertz CT molecular complexity index is 314. The predicted molar refractivity (Wildman–Crippen MR) is 70.7 cm³/mol. The zero-order valence-electron chi connectivity index (χ0n) is 8.53. The van der Waals surface area contributed by atoms with E-state index in [0.29, 0.717) is 13.2 Å². The quantitative estimate of drug-likeness (QED) is 0.792. The number of ether oxygens (including phenoxy) is 1. The van der Waals surface area contributed by atoms with Crippen LogP contribution >= 0.6 is 24.0 Å². The van der Waals surface area contributed by atoms with Gasteiger partial charge in [0.05, 0.1) is 0 Å². The first-order valence-electron chi connectivity index (χ1n) is 4.54. The van der Waals surface area contributed by atoms with Gasteiger partial charge in [-0.2, -0.15) is 0 Å². The Kier molecular flexibility index (Phi) is 5.45. The fourth-order valence-corrected chi connectivity index (χ4v) is 1.32. The molecule has 3 N–H and O–H groups in total. The molecule has 1 aromatic carbocycles. The van der Waals surface area contributed by atoms with Crippen LogP contribution in [0, 0.1) is 0 Å². The van der Waals surface area contributed by atoms with Gasteiger partial charge in [0.2, 0.25) is 0 Å². The van der Waals surface area contributed by atoms with E-state index < -0.39 is 0 Å². The Morgan fingerprint density at radius 1 is 1.47 bits per heavy atom. The fourth-order valence-electron chi connectivity index (χ4n) is 0.980. The molecule has 15 heavy (non-hydrogen) atoms. The summed E-state index contributed by atoms with van der Waals surface area (Å²) < 4.78 is 6.11. The molecule has 0 fully saturated rings. The van der Waals surface area contributed by atoms with Crippen molar-refractivity contribution in [1.82, 2.24) is 0 Å². The normalized spacial score (nSPS) is 9.73. The minimum Gasteiger partial charge on any atom is -0.492 e. The summed E-state index contributed by atoms with van der Waals surface area (Å²) in [5, 5.41) is 3.09. The van der Waals surface area contributed by atoms with Gasteiger partial charge in [0.15, 0.2) is 0 Å². The van der Waals surface area contributed by atoms with E-state index in [4.69, 9.17) is 22.7 Å². The molecule has 3 nitrogen and oxygen atoms in total. The molecule has 0 saturated carbocycles. The molecule has 0 radical (unpaired) electrons. The molecule has 0 unspecified atom stereocenters. The van der Waals surface area contributed by atoms with E-state index >= 15 is 0 Å². The lowest BCUT2D eigenvalue weighted by Gasteiger charge is -2.07. The lowest BCUT2D eigenvalue weighted by atomic mass is 10.3. The van der Waals surface area contributed by atoms with E-state index in [2.05, 4.69) is 5.32 Å². The number of anilines is 1. The summed E-state index contributed by atoms with van der Waals surface area (Å²) in [6, 6.07) is 7.63. The molecule has 0 heterocycles. The summed E-state index contributed by atoms with van der Waals surface area (Å²) in [6.07, 6.45) is 1.94. The smallest absolute Gasteiger partial charge is 0.137 e. The van der Waals surface area contributed by atoms with Gasteiger partial charge in [0, 0.05) is 12.2 Å². The first kappa shape index (κ1) is 12.3. The third-order valence-corrected chi connectivity index (χ3v) is 2.75. The minimum absolute atomic E-state index is 0.524. The molecule has 5 heteroatoms. The molecule has 0 aliphatic heterocycles. The van der Waals surface area contributed by atoms with Gasteiger partial charge >= 0.3 is 0 Å². The summed E-state index contributed by atoms with van der Waals surface area (Å²) in [7, 11) is 0. The Morgan fingerprint density at radius 2 is 2.13 bits per heavy atom. The first-order valence-corrected chi connectivity index (χ1v) is 6.17. The molecule has 0 aliphatic rings. The largest absolute Gasteiger partial charge is 0.492 e. The van der Waals surface area contributed by atoms with Crippen molar-refractivity contribution in [1.29, 1.82) is 0 Å². The second-order valence-corrected chi connectivity index (χ2v) is 4.26. The average Bonchev–Trinajstić information content (AvgIpc) is 2.28. The van der Waals surface area contributed by atoms with Gasteiger partial charge in [0.1, 0.15) is 16.7 Å². The summed E-state index contributed by atoms with van der Waals surface area (Å²) >= 11 is 6.55. The fraction of sp³-hybridized carbons (Fsp3) is 0.300. The van der Waals surface area contributed by atoms with E-state index in [9.17, 15) is 0 Å². The standard InChI is InChI=1S/C10H14N2OS2/c1-15-10(14)12-8-2-4-9(5-3-8)13-7-6-11/h2-5H,6-7,11H2,1H3,(H,12,14). The van der Waals surface area contributed by atoms with Crippen molar-refractivity contribution >= 4 is 34.0 Å². The van der Waals surface area contributed by atoms with Crippen molar-refractivity contribution in [3.63, 3.8) is 0 Å². The molecule has 0 amide bonds. The average molecular weight is 242 g/mol. The number of hydrogen-bond donors (Lipinski definition) is 2. The van der Waals surface area contributed by atoms with E-state index in [-0.39, 0.29) is 0 Å². The molecule has 0 spiro atoms. The Morgan fingerprint density at radius 3 is 2.67 bits per heavy atom. The van der Waals surface area contributed by atoms with Crippen molar-refractivity contribution in [2.75, 3.05) is 24.7 Å². The SMILES string of the molecule is CSC(=S)Nc1ccc(OCCN)cc1. The summed E-state index contributed by atoms with van der Waals surface area (Å²) in [6.45, 7) is 1.06. The number of thioether (sulfide) groups is 1. The number of thiocarbonyl (C=S) groups is 1. The summed E-state index contributed by atoms with van der Waals surface area (Å²) in [5.74, 6) is 0.820. The lowest BCUT2D eigenvalue weighted by molar-refractivity contribution is 0.328. The topological polar surface area (TPSA) is 47.3 Å². The Balaban J connectivity index is 2.52. The third-order valence-electron chi connectivity index (χ3n) is 1.67. The van der Waals surface area contributed by atoms with Crippen LogP contribution in [-0.4, -0.2) is 23.7 Å². The molecule has 0 atom stereocenters. The van der Waals surface area contributed by atoms with Crippen LogP contribution in [0.2, 0.25) is 0 Å². The zero-order chi connectivity index (χ0) is 11.1. The molecular weight excluding hydrogens is 228 g/mol. The van der Waals surface area contributed by atoms with Crippen LogP contribution in [0.4, 0.5) is 5.69 Å². The van der Waals surface area contributed by atoms with Crippen molar-refractivity contribution in [3.8, 4) is 5.75 Å². The van der Waals surface area contributed by atoms with Crippen LogP contribution in [0.1, 0.15) is 0 Å². The van der Waals surface area contributed by atoms with Crippen LogP contribution < -0.4 is 15.8 Å². The van der Waals surface area contributed by atoms with Gasteiger partial charge in [-0.3, -0.25) is 0 Å². The van der Waals surface area contributed by atoms with Gasteiger partial charge in [-0.15, -0.1) is 11.8 Å². The number of nitrogens with two attached hydrogens (primary N) is 1. The Labute approximate surface area is 99.4 Å². The number of benzene rings is 1. The van der Waals surface area contributed by atoms with Crippen molar-refractivity contribution in [2.24, 2.45) is 5.73 Å². The summed E-state index contributed by atoms with van der Waals surface area (Å²) in [4.78, 5) is 0. The second kappa shape index (κ2) is 6.66. The molecule has 0 aliphatic carbocycles. The third kappa shape index (κ3) is 4.51. The molecule has 1 aromatic rings. The van der Waals surface area contributed by atoms with Crippen molar-refractivity contribution < 1.29 is 4.74 Å². The van der Waals surface area contributed by atoms with E-state index in [0.717, 1.165) is 15.8 Å². The maximum atomic E-state index is 5.35. The van der Waals surface area contributed by atoms with Gasteiger partial charge < -0.3 is 15.8 Å². The highest BCUT2D eigenvalue weighted by Crippen LogP contribution is 2.16. The highest BCUT2D eigenvalue weighted by molar-refractivity contribution is 8.22. The van der Waals surface area contributed by atoms with Crippen LogP contribution in [-0.2, 0) is 0 Å². The molecule has 0 saturated heterocycles. The van der Waals surface area contributed by atoms with Crippen LogP contribution in [0.15, 0.2) is 24.3 Å². The number of nitrogens with one attached hydrogen (secondary N) is 1. The van der Waals surface area contributed by atoms with E-state index in [1.54, 1.807) is 0 Å². The minimum atomic E-state index is 0.524. The number of rotatable bonds is 4.